The molecule has 1 aromatic carbocycles. The summed E-state index contributed by atoms with van der Waals surface area (Å²) in [6, 6.07) is 9.01. The Balaban J connectivity index is 1.90. The number of hydrogen-bond donors (Lipinski definition) is 1. The first-order chi connectivity index (χ1) is 12.6. The second-order valence-corrected chi connectivity index (χ2v) is 5.85. The smallest absolute Gasteiger partial charge is 0.354 e. The Morgan fingerprint density at radius 3 is 2.46 bits per heavy atom. The Kier molecular flexibility index (Phi) is 4.18. The van der Waals surface area contributed by atoms with Crippen molar-refractivity contribution in [1.29, 1.82) is 0 Å². The van der Waals surface area contributed by atoms with Crippen LogP contribution in [-0.2, 0) is 4.74 Å². The van der Waals surface area contributed by atoms with E-state index in [1.807, 2.05) is 4.90 Å². The van der Waals surface area contributed by atoms with Crippen molar-refractivity contribution in [2.24, 2.45) is 0 Å². The highest BCUT2D eigenvalue weighted by Gasteiger charge is 2.20. The average Bonchev–Trinajstić information content (AvgIpc) is 2.68. The van der Waals surface area contributed by atoms with Gasteiger partial charge >= 0.3 is 5.97 Å². The molecular formula is C18H15FN4O3. The van der Waals surface area contributed by atoms with Gasteiger partial charge < -0.3 is 14.7 Å². The molecule has 1 fully saturated rings. The molecule has 1 aliphatic rings. The van der Waals surface area contributed by atoms with Crippen molar-refractivity contribution >= 4 is 23.0 Å². The third-order valence-corrected chi connectivity index (χ3v) is 4.16. The maximum absolute atomic E-state index is 13.3. The summed E-state index contributed by atoms with van der Waals surface area (Å²) in [4.78, 5) is 26.5. The van der Waals surface area contributed by atoms with Crippen LogP contribution in [0.4, 0.5) is 10.2 Å². The van der Waals surface area contributed by atoms with Gasteiger partial charge in [0.25, 0.3) is 0 Å². The molecule has 2 aromatic heterocycles. The summed E-state index contributed by atoms with van der Waals surface area (Å²) in [6.07, 6.45) is 0. The van der Waals surface area contributed by atoms with Crippen molar-refractivity contribution in [1.82, 2.24) is 15.0 Å². The second-order valence-electron chi connectivity index (χ2n) is 5.85. The van der Waals surface area contributed by atoms with Crippen LogP contribution >= 0.6 is 0 Å². The summed E-state index contributed by atoms with van der Waals surface area (Å²) in [5, 5.41) is 9.15. The van der Waals surface area contributed by atoms with Gasteiger partial charge in [-0.25, -0.2) is 24.1 Å². The van der Waals surface area contributed by atoms with Crippen LogP contribution in [0.2, 0.25) is 0 Å². The SMILES string of the molecule is O=C(O)c1ccc2nc(-c3ccc(F)cc3)c(N3CCOCC3)nc2n1. The zero-order chi connectivity index (χ0) is 18.1. The first kappa shape index (κ1) is 16.3. The number of carboxylic acids is 1. The van der Waals surface area contributed by atoms with E-state index < -0.39 is 5.97 Å². The van der Waals surface area contributed by atoms with Gasteiger partial charge in [-0.1, -0.05) is 0 Å². The molecule has 0 radical (unpaired) electrons. The molecule has 0 atom stereocenters. The fourth-order valence-corrected chi connectivity index (χ4v) is 2.85. The highest BCUT2D eigenvalue weighted by atomic mass is 19.1. The van der Waals surface area contributed by atoms with Crippen LogP contribution in [0.1, 0.15) is 10.5 Å². The number of ether oxygens (including phenoxy) is 1. The van der Waals surface area contributed by atoms with Crippen molar-refractivity contribution < 1.29 is 19.0 Å². The number of pyridine rings is 1. The van der Waals surface area contributed by atoms with Gasteiger partial charge in [-0.2, -0.15) is 0 Å². The Morgan fingerprint density at radius 2 is 1.77 bits per heavy atom. The lowest BCUT2D eigenvalue weighted by molar-refractivity contribution is 0.0691. The van der Waals surface area contributed by atoms with Crippen LogP contribution in [0.15, 0.2) is 36.4 Å². The van der Waals surface area contributed by atoms with Gasteiger partial charge in [-0.05, 0) is 36.4 Å². The molecule has 0 aliphatic carbocycles. The summed E-state index contributed by atoms with van der Waals surface area (Å²) >= 11 is 0. The van der Waals surface area contributed by atoms with Crippen LogP contribution in [-0.4, -0.2) is 52.3 Å². The Bertz CT molecular complexity index is 972. The number of rotatable bonds is 3. The molecule has 1 saturated heterocycles. The normalized spacial score (nSPS) is 14.6. The van der Waals surface area contributed by atoms with E-state index in [-0.39, 0.29) is 17.2 Å². The zero-order valence-corrected chi connectivity index (χ0v) is 13.7. The number of morpholine rings is 1. The van der Waals surface area contributed by atoms with E-state index in [4.69, 9.17) is 9.84 Å². The number of hydrogen-bond acceptors (Lipinski definition) is 6. The van der Waals surface area contributed by atoms with E-state index in [1.54, 1.807) is 18.2 Å². The zero-order valence-electron chi connectivity index (χ0n) is 13.7. The molecule has 0 spiro atoms. The highest BCUT2D eigenvalue weighted by Crippen LogP contribution is 2.30. The van der Waals surface area contributed by atoms with Gasteiger partial charge in [-0.3, -0.25) is 0 Å². The molecule has 132 valence electrons. The highest BCUT2D eigenvalue weighted by molar-refractivity contribution is 5.89. The Labute approximate surface area is 148 Å². The first-order valence-electron chi connectivity index (χ1n) is 8.12. The molecule has 0 amide bonds. The van der Waals surface area contributed by atoms with Gasteiger partial charge in [-0.15, -0.1) is 0 Å². The van der Waals surface area contributed by atoms with Gasteiger partial charge in [0.1, 0.15) is 17.0 Å². The van der Waals surface area contributed by atoms with Crippen molar-refractivity contribution in [2.75, 3.05) is 31.2 Å². The topological polar surface area (TPSA) is 88.4 Å². The number of carbonyl (C=O) groups is 1. The molecule has 0 unspecified atom stereocenters. The van der Waals surface area contributed by atoms with Crippen LogP contribution in [0.25, 0.3) is 22.4 Å². The molecule has 3 aromatic rings. The van der Waals surface area contributed by atoms with E-state index in [0.29, 0.717) is 43.3 Å². The molecule has 1 aliphatic heterocycles. The number of benzene rings is 1. The number of fused-ring (bicyclic) bond motifs is 1. The van der Waals surface area contributed by atoms with E-state index in [2.05, 4.69) is 15.0 Å². The number of aromatic nitrogens is 3. The summed E-state index contributed by atoms with van der Waals surface area (Å²) in [5.74, 6) is -0.866. The molecular weight excluding hydrogens is 339 g/mol. The number of halogens is 1. The second kappa shape index (κ2) is 6.64. The van der Waals surface area contributed by atoms with Crippen LogP contribution < -0.4 is 4.90 Å². The Morgan fingerprint density at radius 1 is 1.04 bits per heavy atom. The quantitative estimate of drug-likeness (QED) is 0.772. The maximum atomic E-state index is 13.3. The van der Waals surface area contributed by atoms with Crippen LogP contribution in [0.5, 0.6) is 0 Å². The maximum Gasteiger partial charge on any atom is 0.354 e. The van der Waals surface area contributed by atoms with Crippen LogP contribution in [0, 0.1) is 5.82 Å². The fraction of sp³-hybridized carbons (Fsp3) is 0.222. The summed E-state index contributed by atoms with van der Waals surface area (Å²) in [5.41, 5.74) is 1.98. The largest absolute Gasteiger partial charge is 0.477 e. The lowest BCUT2D eigenvalue weighted by atomic mass is 10.1. The molecule has 7 nitrogen and oxygen atoms in total. The van der Waals surface area contributed by atoms with Crippen molar-refractivity contribution in [3.8, 4) is 11.3 Å². The summed E-state index contributed by atoms with van der Waals surface area (Å²) < 4.78 is 18.7. The summed E-state index contributed by atoms with van der Waals surface area (Å²) in [7, 11) is 0. The first-order valence-corrected chi connectivity index (χ1v) is 8.12. The molecule has 0 bridgehead atoms. The molecule has 4 rings (SSSR count). The number of carboxylic acid groups (broad SMARTS) is 1. The molecule has 8 heteroatoms. The lowest BCUT2D eigenvalue weighted by Crippen LogP contribution is -2.37. The average molecular weight is 354 g/mol. The summed E-state index contributed by atoms with van der Waals surface area (Å²) in [6.45, 7) is 2.39. The van der Waals surface area contributed by atoms with E-state index >= 15 is 0 Å². The van der Waals surface area contributed by atoms with Crippen molar-refractivity contribution in [3.05, 3.63) is 47.9 Å². The third-order valence-electron chi connectivity index (χ3n) is 4.16. The van der Waals surface area contributed by atoms with Gasteiger partial charge in [0, 0.05) is 18.7 Å². The number of anilines is 1. The van der Waals surface area contributed by atoms with Crippen LogP contribution in [0.3, 0.4) is 0 Å². The fourth-order valence-electron chi connectivity index (χ4n) is 2.85. The van der Waals surface area contributed by atoms with E-state index in [1.165, 1.54) is 18.2 Å². The molecule has 0 saturated carbocycles. The minimum absolute atomic E-state index is 0.0886. The number of nitrogens with zero attached hydrogens (tertiary/aromatic N) is 4. The lowest BCUT2D eigenvalue weighted by Gasteiger charge is -2.29. The minimum atomic E-state index is -1.12. The van der Waals surface area contributed by atoms with Gasteiger partial charge in [0.05, 0.1) is 13.2 Å². The predicted molar refractivity (Wildman–Crippen MR) is 92.7 cm³/mol. The molecule has 1 N–H and O–H groups in total. The van der Waals surface area contributed by atoms with Gasteiger partial charge in [0.2, 0.25) is 0 Å². The third kappa shape index (κ3) is 3.06. The minimum Gasteiger partial charge on any atom is -0.477 e. The Hall–Kier alpha value is -3.13. The van der Waals surface area contributed by atoms with Crippen molar-refractivity contribution in [3.63, 3.8) is 0 Å². The van der Waals surface area contributed by atoms with E-state index in [9.17, 15) is 9.18 Å². The van der Waals surface area contributed by atoms with E-state index in [0.717, 1.165) is 5.56 Å². The number of aromatic carboxylic acids is 1. The standard InChI is InChI=1S/C18H15FN4O3/c19-12-3-1-11(2-4-12)15-17(23-7-9-26-10-8-23)22-16-13(20-15)5-6-14(21-16)18(24)25/h1-6H,7-10H2,(H,24,25). The molecule has 3 heterocycles. The molecule has 26 heavy (non-hydrogen) atoms. The van der Waals surface area contributed by atoms with Crippen molar-refractivity contribution in [2.45, 2.75) is 0 Å². The predicted octanol–water partition coefficient (Wildman–Crippen LogP) is 2.37. The monoisotopic (exact) mass is 354 g/mol. The van der Waals surface area contributed by atoms with Gasteiger partial charge in [0.15, 0.2) is 17.2 Å².